The average molecular weight is 362 g/mol. The Morgan fingerprint density at radius 2 is 1.86 bits per heavy atom. The van der Waals surface area contributed by atoms with Gasteiger partial charge < -0.3 is 15.1 Å². The van der Waals surface area contributed by atoms with Crippen molar-refractivity contribution in [2.45, 2.75) is 18.9 Å². The molecule has 1 saturated heterocycles. The zero-order chi connectivity index (χ0) is 15.7. The number of aromatic hydroxyl groups is 2. The van der Waals surface area contributed by atoms with Crippen LogP contribution >= 0.6 is 15.9 Å². The molecule has 3 rings (SSSR count). The molecule has 0 saturated carbocycles. The fourth-order valence-electron chi connectivity index (χ4n) is 2.90. The van der Waals surface area contributed by atoms with E-state index in [9.17, 15) is 15.0 Å². The molecule has 2 N–H and O–H groups in total. The molecule has 1 aliphatic heterocycles. The van der Waals surface area contributed by atoms with E-state index in [2.05, 4.69) is 15.9 Å². The van der Waals surface area contributed by atoms with Gasteiger partial charge in [-0.15, -0.1) is 0 Å². The standard InChI is InChI=1S/C17H16BrNO3/c18-12-5-3-11(4-6-12)15-2-1-9-19(15)17(22)14-8-7-13(20)10-16(14)21/h3-8,10,15,20-21H,1-2,9H2/t15-/m1/s1. The summed E-state index contributed by atoms with van der Waals surface area (Å²) in [6.07, 6.45) is 1.84. The van der Waals surface area contributed by atoms with Crippen molar-refractivity contribution in [3.8, 4) is 11.5 Å². The Bertz CT molecular complexity index is 700. The minimum atomic E-state index is -0.206. The van der Waals surface area contributed by atoms with E-state index in [-0.39, 0.29) is 29.0 Å². The molecule has 0 aliphatic carbocycles. The lowest BCUT2D eigenvalue weighted by Gasteiger charge is -2.25. The number of carbonyl (C=O) groups excluding carboxylic acids is 1. The van der Waals surface area contributed by atoms with Crippen molar-refractivity contribution in [2.75, 3.05) is 6.54 Å². The monoisotopic (exact) mass is 361 g/mol. The summed E-state index contributed by atoms with van der Waals surface area (Å²) in [5.74, 6) is -0.450. The van der Waals surface area contributed by atoms with Gasteiger partial charge in [-0.25, -0.2) is 0 Å². The third-order valence-electron chi connectivity index (χ3n) is 3.98. The van der Waals surface area contributed by atoms with Crippen LogP contribution in [0.5, 0.6) is 11.5 Å². The summed E-state index contributed by atoms with van der Waals surface area (Å²) in [4.78, 5) is 14.5. The first-order chi connectivity index (χ1) is 10.6. The van der Waals surface area contributed by atoms with Crippen molar-refractivity contribution < 1.29 is 15.0 Å². The Kier molecular flexibility index (Phi) is 4.07. The normalized spacial score (nSPS) is 17.7. The van der Waals surface area contributed by atoms with E-state index in [4.69, 9.17) is 0 Å². The molecule has 0 radical (unpaired) electrons. The van der Waals surface area contributed by atoms with Gasteiger partial charge in [0.05, 0.1) is 11.6 Å². The molecule has 0 bridgehead atoms. The summed E-state index contributed by atoms with van der Waals surface area (Å²) in [7, 11) is 0. The van der Waals surface area contributed by atoms with Crippen LogP contribution in [0.3, 0.4) is 0 Å². The number of hydrogen-bond donors (Lipinski definition) is 2. The van der Waals surface area contributed by atoms with Crippen LogP contribution < -0.4 is 0 Å². The van der Waals surface area contributed by atoms with Crippen LogP contribution in [-0.4, -0.2) is 27.6 Å². The topological polar surface area (TPSA) is 60.8 Å². The molecule has 5 heteroatoms. The zero-order valence-corrected chi connectivity index (χ0v) is 13.5. The highest BCUT2D eigenvalue weighted by Gasteiger charge is 2.31. The predicted octanol–water partition coefficient (Wildman–Crippen LogP) is 3.84. The molecule has 0 aromatic heterocycles. The average Bonchev–Trinajstić information content (AvgIpc) is 2.97. The summed E-state index contributed by atoms with van der Waals surface area (Å²) in [5.41, 5.74) is 1.31. The first kappa shape index (κ1) is 14.9. The van der Waals surface area contributed by atoms with E-state index >= 15 is 0 Å². The van der Waals surface area contributed by atoms with Gasteiger partial charge in [0.1, 0.15) is 11.5 Å². The SMILES string of the molecule is O=C(c1ccc(O)cc1O)N1CCC[C@@H]1c1ccc(Br)cc1. The zero-order valence-electron chi connectivity index (χ0n) is 11.9. The maximum Gasteiger partial charge on any atom is 0.258 e. The number of rotatable bonds is 2. The molecule has 1 fully saturated rings. The maximum atomic E-state index is 12.7. The summed E-state index contributed by atoms with van der Waals surface area (Å²) >= 11 is 3.41. The number of hydrogen-bond acceptors (Lipinski definition) is 3. The lowest BCUT2D eigenvalue weighted by Crippen LogP contribution is -2.30. The summed E-state index contributed by atoms with van der Waals surface area (Å²) in [6, 6.07) is 12.0. The van der Waals surface area contributed by atoms with Crippen molar-refractivity contribution in [1.29, 1.82) is 0 Å². The second-order valence-corrected chi connectivity index (χ2v) is 6.33. The lowest BCUT2D eigenvalue weighted by atomic mass is 10.0. The molecule has 4 nitrogen and oxygen atoms in total. The van der Waals surface area contributed by atoms with Gasteiger partial charge in [-0.3, -0.25) is 4.79 Å². The van der Waals surface area contributed by atoms with Crippen LogP contribution in [0.4, 0.5) is 0 Å². The minimum Gasteiger partial charge on any atom is -0.508 e. The minimum absolute atomic E-state index is 0.0220. The molecular formula is C17H16BrNO3. The van der Waals surface area contributed by atoms with E-state index in [1.807, 2.05) is 24.3 Å². The Morgan fingerprint density at radius 1 is 1.14 bits per heavy atom. The highest BCUT2D eigenvalue weighted by molar-refractivity contribution is 9.10. The van der Waals surface area contributed by atoms with Crippen molar-refractivity contribution in [3.05, 3.63) is 58.1 Å². The number of likely N-dealkylation sites (tertiary alicyclic amines) is 1. The van der Waals surface area contributed by atoms with Gasteiger partial charge in [0, 0.05) is 17.1 Å². The fraction of sp³-hybridized carbons (Fsp3) is 0.235. The molecule has 22 heavy (non-hydrogen) atoms. The quantitative estimate of drug-likeness (QED) is 0.854. The van der Waals surface area contributed by atoms with Crippen LogP contribution in [0.25, 0.3) is 0 Å². The van der Waals surface area contributed by atoms with Gasteiger partial charge in [0.25, 0.3) is 5.91 Å². The Hall–Kier alpha value is -2.01. The molecule has 1 atom stereocenters. The first-order valence-corrected chi connectivity index (χ1v) is 7.94. The molecule has 1 heterocycles. The van der Waals surface area contributed by atoms with Gasteiger partial charge in [-0.1, -0.05) is 28.1 Å². The van der Waals surface area contributed by atoms with E-state index in [0.29, 0.717) is 6.54 Å². The Morgan fingerprint density at radius 3 is 2.55 bits per heavy atom. The van der Waals surface area contributed by atoms with Gasteiger partial charge in [0.2, 0.25) is 0 Å². The highest BCUT2D eigenvalue weighted by Crippen LogP contribution is 2.35. The molecule has 2 aromatic carbocycles. The summed E-state index contributed by atoms with van der Waals surface area (Å²) in [6.45, 7) is 0.667. The lowest BCUT2D eigenvalue weighted by molar-refractivity contribution is 0.0732. The first-order valence-electron chi connectivity index (χ1n) is 7.14. The van der Waals surface area contributed by atoms with Gasteiger partial charge in [0.15, 0.2) is 0 Å². The van der Waals surface area contributed by atoms with Crippen LogP contribution in [0, 0.1) is 0 Å². The molecule has 0 unspecified atom stereocenters. The van der Waals surface area contributed by atoms with Crippen molar-refractivity contribution in [1.82, 2.24) is 4.90 Å². The van der Waals surface area contributed by atoms with Crippen LogP contribution in [0.1, 0.15) is 34.8 Å². The third-order valence-corrected chi connectivity index (χ3v) is 4.51. The number of benzene rings is 2. The maximum absolute atomic E-state index is 12.7. The summed E-state index contributed by atoms with van der Waals surface area (Å²) < 4.78 is 1.00. The van der Waals surface area contributed by atoms with E-state index in [1.54, 1.807) is 4.90 Å². The Labute approximate surface area is 137 Å². The van der Waals surface area contributed by atoms with E-state index in [0.717, 1.165) is 22.9 Å². The van der Waals surface area contributed by atoms with E-state index in [1.165, 1.54) is 18.2 Å². The summed E-state index contributed by atoms with van der Waals surface area (Å²) in [5, 5.41) is 19.3. The number of nitrogens with zero attached hydrogens (tertiary/aromatic N) is 1. The second-order valence-electron chi connectivity index (χ2n) is 5.41. The molecule has 114 valence electrons. The number of amides is 1. The van der Waals surface area contributed by atoms with Crippen molar-refractivity contribution in [2.24, 2.45) is 0 Å². The fourth-order valence-corrected chi connectivity index (χ4v) is 3.16. The molecule has 1 amide bonds. The van der Waals surface area contributed by atoms with Gasteiger partial charge in [-0.2, -0.15) is 0 Å². The number of phenolic OH excluding ortho intramolecular Hbond substituents is 2. The van der Waals surface area contributed by atoms with Gasteiger partial charge in [-0.05, 0) is 42.7 Å². The van der Waals surface area contributed by atoms with Crippen LogP contribution in [0.15, 0.2) is 46.9 Å². The third kappa shape index (κ3) is 2.81. The number of halogens is 1. The molecule has 2 aromatic rings. The second kappa shape index (κ2) is 6.01. The number of phenols is 2. The van der Waals surface area contributed by atoms with Crippen LogP contribution in [-0.2, 0) is 0 Å². The smallest absolute Gasteiger partial charge is 0.258 e. The predicted molar refractivity (Wildman–Crippen MR) is 86.9 cm³/mol. The van der Waals surface area contributed by atoms with Crippen molar-refractivity contribution >= 4 is 21.8 Å². The van der Waals surface area contributed by atoms with Gasteiger partial charge >= 0.3 is 0 Å². The van der Waals surface area contributed by atoms with Crippen molar-refractivity contribution in [3.63, 3.8) is 0 Å². The van der Waals surface area contributed by atoms with E-state index < -0.39 is 0 Å². The molecule has 1 aliphatic rings. The molecular weight excluding hydrogens is 346 g/mol. The Balaban J connectivity index is 1.89. The molecule has 0 spiro atoms. The largest absolute Gasteiger partial charge is 0.508 e. The highest BCUT2D eigenvalue weighted by atomic mass is 79.9. The van der Waals surface area contributed by atoms with Crippen LogP contribution in [0.2, 0.25) is 0 Å². The number of carbonyl (C=O) groups is 1.